The largest absolute Gasteiger partial charge is 0.490 e. The molecule has 13 heteroatoms. The summed E-state index contributed by atoms with van der Waals surface area (Å²) in [5, 5.41) is 10.6. The second-order valence-electron chi connectivity index (χ2n) is 10.1. The Hall–Kier alpha value is -3.06. The number of aryl methyl sites for hydroxylation is 1. The highest BCUT2D eigenvalue weighted by molar-refractivity contribution is 5.73. The lowest BCUT2D eigenvalue weighted by molar-refractivity contribution is -0.192. The van der Waals surface area contributed by atoms with Crippen LogP contribution >= 0.6 is 0 Å². The highest BCUT2D eigenvalue weighted by Crippen LogP contribution is 2.44. The Kier molecular flexibility index (Phi) is 8.98. The number of aliphatic carboxylic acids is 1. The van der Waals surface area contributed by atoms with Crippen LogP contribution in [0.4, 0.5) is 25.1 Å². The maximum Gasteiger partial charge on any atom is 0.490 e. The van der Waals surface area contributed by atoms with Crippen molar-refractivity contribution in [3.8, 4) is 0 Å². The Balaban J connectivity index is 0.000000426. The molecule has 0 amide bonds. The van der Waals surface area contributed by atoms with Gasteiger partial charge in [-0.1, -0.05) is 0 Å². The van der Waals surface area contributed by atoms with Crippen LogP contribution in [0.5, 0.6) is 0 Å². The Morgan fingerprint density at radius 1 is 1.16 bits per heavy atom. The third kappa shape index (κ3) is 7.73. The first kappa shape index (κ1) is 28.0. The fraction of sp³-hybridized carbons (Fsp3) is 0.640. The second kappa shape index (κ2) is 12.2. The van der Waals surface area contributed by atoms with Crippen LogP contribution in [0.1, 0.15) is 43.5 Å². The Bertz CT molecular complexity index is 1060. The van der Waals surface area contributed by atoms with Crippen LogP contribution in [0.25, 0.3) is 0 Å². The van der Waals surface area contributed by atoms with Crippen LogP contribution < -0.4 is 10.2 Å². The number of aromatic nitrogens is 4. The zero-order valence-corrected chi connectivity index (χ0v) is 21.5. The number of hydrogen-bond acceptors (Lipinski definition) is 9. The molecule has 0 aromatic carbocycles. The molecule has 0 bridgehead atoms. The van der Waals surface area contributed by atoms with Gasteiger partial charge in [-0.05, 0) is 62.6 Å². The predicted octanol–water partition coefficient (Wildman–Crippen LogP) is 3.29. The van der Waals surface area contributed by atoms with Gasteiger partial charge >= 0.3 is 12.1 Å². The maximum atomic E-state index is 10.6. The van der Waals surface area contributed by atoms with E-state index in [1.165, 1.54) is 24.8 Å². The smallest absolute Gasteiger partial charge is 0.475 e. The summed E-state index contributed by atoms with van der Waals surface area (Å²) in [6.07, 6.45) is 4.69. The number of pyridine rings is 1. The summed E-state index contributed by atoms with van der Waals surface area (Å²) in [5.74, 6) is 0.143. The fourth-order valence-electron chi connectivity index (χ4n) is 5.00. The van der Waals surface area contributed by atoms with Crippen LogP contribution in [-0.4, -0.2) is 87.0 Å². The number of nitrogens with one attached hydrogen (secondary N) is 1. The van der Waals surface area contributed by atoms with Gasteiger partial charge in [0.25, 0.3) is 0 Å². The quantitative estimate of drug-likeness (QED) is 0.569. The second-order valence-corrected chi connectivity index (χ2v) is 10.1. The molecule has 4 heterocycles. The number of rotatable bonds is 6. The van der Waals surface area contributed by atoms with Crippen LogP contribution in [0, 0.1) is 12.8 Å². The molecule has 2 aromatic heterocycles. The molecule has 2 saturated heterocycles. The van der Waals surface area contributed by atoms with E-state index in [1.807, 2.05) is 19.3 Å². The van der Waals surface area contributed by atoms with E-state index in [0.717, 1.165) is 70.5 Å². The minimum absolute atomic E-state index is 0.181. The van der Waals surface area contributed by atoms with Crippen molar-refractivity contribution in [2.75, 3.05) is 49.5 Å². The topological polar surface area (TPSA) is 117 Å². The first-order chi connectivity index (χ1) is 18.1. The molecule has 3 fully saturated rings. The first-order valence-electron chi connectivity index (χ1n) is 12.9. The highest BCUT2D eigenvalue weighted by Gasteiger charge is 2.42. The van der Waals surface area contributed by atoms with Crippen molar-refractivity contribution >= 4 is 17.9 Å². The Labute approximate surface area is 219 Å². The van der Waals surface area contributed by atoms with Gasteiger partial charge in [0.1, 0.15) is 5.82 Å². The van der Waals surface area contributed by atoms with E-state index in [4.69, 9.17) is 19.6 Å². The van der Waals surface area contributed by atoms with Crippen molar-refractivity contribution in [3.63, 3.8) is 0 Å². The predicted molar refractivity (Wildman–Crippen MR) is 134 cm³/mol. The molecule has 2 aromatic rings. The van der Waals surface area contributed by atoms with E-state index >= 15 is 0 Å². The van der Waals surface area contributed by atoms with Gasteiger partial charge in [0.05, 0.1) is 5.60 Å². The van der Waals surface area contributed by atoms with Gasteiger partial charge in [-0.25, -0.2) is 4.79 Å². The lowest BCUT2D eigenvalue weighted by atomic mass is 9.72. The molecule has 3 aliphatic rings. The molecular weight excluding hydrogens is 503 g/mol. The molecule has 1 saturated carbocycles. The van der Waals surface area contributed by atoms with E-state index in [0.29, 0.717) is 11.9 Å². The summed E-state index contributed by atoms with van der Waals surface area (Å²) < 4.78 is 37.8. The normalized spacial score (nSPS) is 21.3. The molecule has 10 nitrogen and oxygen atoms in total. The van der Waals surface area contributed by atoms with Crippen LogP contribution in [0.2, 0.25) is 0 Å². The first-order valence-corrected chi connectivity index (χ1v) is 12.9. The summed E-state index contributed by atoms with van der Waals surface area (Å²) >= 11 is 0. The molecule has 38 heavy (non-hydrogen) atoms. The number of carbonyl (C=O) groups is 1. The number of nitrogens with zero attached hydrogens (tertiary/aromatic N) is 6. The number of halogens is 3. The molecule has 1 spiro atoms. The van der Waals surface area contributed by atoms with E-state index in [1.54, 1.807) is 0 Å². The standard InChI is InChI=1S/C23H33N7O.C2HF3O2/c1-18-26-21(25-16-20-5-14-31-23(15-20)6-2-7-23)28-22(27-18)30-12-10-29(11-13-30)17-19-3-8-24-9-4-19;3-2(4,5)1(6)7/h3-4,8-9,20H,2,5-7,10-17H2,1H3,(H,25,26,27,28);(H,6,7). The van der Waals surface area contributed by atoms with Crippen molar-refractivity contribution in [2.24, 2.45) is 5.92 Å². The third-order valence-electron chi connectivity index (χ3n) is 7.20. The summed E-state index contributed by atoms with van der Waals surface area (Å²) in [5.41, 5.74) is 1.49. The van der Waals surface area contributed by atoms with Crippen molar-refractivity contribution in [3.05, 3.63) is 35.9 Å². The molecule has 208 valence electrons. The lowest BCUT2D eigenvalue weighted by Gasteiger charge is -2.47. The molecule has 2 N–H and O–H groups in total. The number of carboxylic acids is 1. The van der Waals surface area contributed by atoms with Gasteiger partial charge < -0.3 is 20.1 Å². The summed E-state index contributed by atoms with van der Waals surface area (Å²) in [6.45, 7) is 8.57. The average molecular weight is 538 g/mol. The number of anilines is 2. The van der Waals surface area contributed by atoms with Crippen molar-refractivity contribution in [2.45, 2.75) is 57.3 Å². The molecule has 2 aliphatic heterocycles. The van der Waals surface area contributed by atoms with Gasteiger partial charge in [-0.2, -0.15) is 28.1 Å². The molecule has 1 unspecified atom stereocenters. The average Bonchev–Trinajstić information content (AvgIpc) is 2.87. The van der Waals surface area contributed by atoms with Gasteiger partial charge in [0.15, 0.2) is 0 Å². The van der Waals surface area contributed by atoms with Gasteiger partial charge in [-0.3, -0.25) is 9.88 Å². The number of piperazine rings is 1. The Morgan fingerprint density at radius 2 is 1.84 bits per heavy atom. The fourth-order valence-corrected chi connectivity index (χ4v) is 5.00. The third-order valence-corrected chi connectivity index (χ3v) is 7.20. The van der Waals surface area contributed by atoms with Gasteiger partial charge in [0.2, 0.25) is 11.9 Å². The van der Waals surface area contributed by atoms with E-state index in [9.17, 15) is 13.2 Å². The number of alkyl halides is 3. The summed E-state index contributed by atoms with van der Waals surface area (Å²) in [4.78, 5) is 31.7. The zero-order valence-electron chi connectivity index (χ0n) is 21.5. The Morgan fingerprint density at radius 3 is 2.45 bits per heavy atom. The van der Waals surface area contributed by atoms with Crippen LogP contribution in [0.15, 0.2) is 24.5 Å². The van der Waals surface area contributed by atoms with E-state index in [2.05, 4.69) is 42.2 Å². The van der Waals surface area contributed by atoms with Crippen molar-refractivity contribution in [1.29, 1.82) is 0 Å². The summed E-state index contributed by atoms with van der Waals surface area (Å²) in [7, 11) is 0. The molecule has 0 radical (unpaired) electrons. The van der Waals surface area contributed by atoms with E-state index < -0.39 is 12.1 Å². The number of ether oxygens (including phenoxy) is 1. The van der Waals surface area contributed by atoms with Gasteiger partial charge in [-0.15, -0.1) is 0 Å². The van der Waals surface area contributed by atoms with Crippen molar-refractivity contribution in [1.82, 2.24) is 24.8 Å². The monoisotopic (exact) mass is 537 g/mol. The minimum Gasteiger partial charge on any atom is -0.475 e. The number of hydrogen-bond donors (Lipinski definition) is 2. The molecule has 5 rings (SSSR count). The molecule has 1 atom stereocenters. The highest BCUT2D eigenvalue weighted by atomic mass is 19.4. The molecular formula is C25H34F3N7O3. The SMILES string of the molecule is Cc1nc(NCC2CCOC3(CCC3)C2)nc(N2CCN(Cc3ccncc3)CC2)n1.O=C(O)C(F)(F)F. The van der Waals surface area contributed by atoms with Crippen LogP contribution in [0.3, 0.4) is 0 Å². The zero-order chi connectivity index (χ0) is 27.2. The van der Waals surface area contributed by atoms with Gasteiger partial charge in [0, 0.05) is 58.3 Å². The lowest BCUT2D eigenvalue weighted by Crippen LogP contribution is -2.47. The van der Waals surface area contributed by atoms with E-state index in [-0.39, 0.29) is 5.60 Å². The minimum atomic E-state index is -5.08. The summed E-state index contributed by atoms with van der Waals surface area (Å²) in [6, 6.07) is 4.18. The van der Waals surface area contributed by atoms with Crippen molar-refractivity contribution < 1.29 is 27.8 Å². The van der Waals surface area contributed by atoms with Crippen LogP contribution in [-0.2, 0) is 16.1 Å². The maximum absolute atomic E-state index is 10.6. The molecule has 1 aliphatic carbocycles. The number of carboxylic acid groups (broad SMARTS) is 1.